The highest BCUT2D eigenvalue weighted by Crippen LogP contribution is 2.24. The molecule has 0 aromatic carbocycles. The maximum atomic E-state index is 5.62. The predicted molar refractivity (Wildman–Crippen MR) is 79.8 cm³/mol. The highest BCUT2D eigenvalue weighted by Gasteiger charge is 2.25. The fourth-order valence-electron chi connectivity index (χ4n) is 1.87. The van der Waals surface area contributed by atoms with E-state index in [1.165, 1.54) is 12.8 Å². The molecule has 1 N–H and O–H groups in total. The number of aromatic nitrogens is 2. The van der Waals surface area contributed by atoms with Gasteiger partial charge in [0.05, 0.1) is 5.69 Å². The van der Waals surface area contributed by atoms with Crippen molar-refractivity contribution >= 4 is 0 Å². The van der Waals surface area contributed by atoms with Gasteiger partial charge >= 0.3 is 0 Å². The number of ether oxygens (including phenoxy) is 1. The van der Waals surface area contributed by atoms with Crippen molar-refractivity contribution in [3.05, 3.63) is 17.8 Å². The van der Waals surface area contributed by atoms with Crippen LogP contribution in [0.4, 0.5) is 0 Å². The van der Waals surface area contributed by atoms with Crippen LogP contribution in [0.2, 0.25) is 0 Å². The lowest BCUT2D eigenvalue weighted by atomic mass is 10.1. The Labute approximate surface area is 121 Å². The van der Waals surface area contributed by atoms with E-state index < -0.39 is 0 Å². The van der Waals surface area contributed by atoms with Crippen molar-refractivity contribution in [2.75, 3.05) is 20.2 Å². The molecule has 20 heavy (non-hydrogen) atoms. The van der Waals surface area contributed by atoms with Gasteiger partial charge in [0.15, 0.2) is 0 Å². The van der Waals surface area contributed by atoms with Gasteiger partial charge in [-0.3, -0.25) is 0 Å². The minimum Gasteiger partial charge on any atom is -0.475 e. The second-order valence-corrected chi connectivity index (χ2v) is 6.53. The van der Waals surface area contributed by atoms with Crippen LogP contribution in [-0.4, -0.2) is 46.9 Å². The van der Waals surface area contributed by atoms with Gasteiger partial charge in [0.1, 0.15) is 6.61 Å². The molecular formula is C15H26N4O. The van der Waals surface area contributed by atoms with Crippen molar-refractivity contribution in [3.8, 4) is 5.88 Å². The first-order valence-electron chi connectivity index (χ1n) is 7.35. The van der Waals surface area contributed by atoms with Crippen molar-refractivity contribution in [1.82, 2.24) is 20.4 Å². The molecule has 0 spiro atoms. The standard InChI is InChI=1S/C15H26N4O/c1-15(2,3)16-11-12-5-8-14(18-17-12)20-10-9-19(4)13-6-7-13/h5,8,13,16H,6-7,9-11H2,1-4H3. The van der Waals surface area contributed by atoms with E-state index >= 15 is 0 Å². The summed E-state index contributed by atoms with van der Waals surface area (Å²) < 4.78 is 5.62. The van der Waals surface area contributed by atoms with Crippen molar-refractivity contribution in [2.45, 2.75) is 51.7 Å². The van der Waals surface area contributed by atoms with Gasteiger partial charge in [0.2, 0.25) is 5.88 Å². The summed E-state index contributed by atoms with van der Waals surface area (Å²) in [6.45, 7) is 8.74. The Hall–Kier alpha value is -1.20. The van der Waals surface area contributed by atoms with Crippen LogP contribution in [0.5, 0.6) is 5.88 Å². The van der Waals surface area contributed by atoms with Crippen LogP contribution in [0.15, 0.2) is 12.1 Å². The summed E-state index contributed by atoms with van der Waals surface area (Å²) in [5, 5.41) is 11.7. The summed E-state index contributed by atoms with van der Waals surface area (Å²) in [4.78, 5) is 2.34. The zero-order chi connectivity index (χ0) is 14.6. The summed E-state index contributed by atoms with van der Waals surface area (Å²) in [6, 6.07) is 4.63. The van der Waals surface area contributed by atoms with E-state index in [0.717, 1.165) is 24.8 Å². The van der Waals surface area contributed by atoms with Gasteiger partial charge < -0.3 is 15.0 Å². The predicted octanol–water partition coefficient (Wildman–Crippen LogP) is 1.84. The molecule has 0 atom stereocenters. The van der Waals surface area contributed by atoms with Crippen molar-refractivity contribution < 1.29 is 4.74 Å². The third kappa shape index (κ3) is 5.43. The van der Waals surface area contributed by atoms with E-state index in [1.807, 2.05) is 12.1 Å². The fraction of sp³-hybridized carbons (Fsp3) is 0.733. The Balaban J connectivity index is 1.70. The fourth-order valence-corrected chi connectivity index (χ4v) is 1.87. The molecule has 1 aromatic rings. The van der Waals surface area contributed by atoms with Crippen LogP contribution in [0.25, 0.3) is 0 Å². The first kappa shape index (κ1) is 15.2. The largest absolute Gasteiger partial charge is 0.475 e. The van der Waals surface area contributed by atoms with Crippen LogP contribution in [-0.2, 0) is 6.54 Å². The monoisotopic (exact) mass is 278 g/mol. The Kier molecular flexibility index (Phi) is 4.94. The summed E-state index contributed by atoms with van der Waals surface area (Å²) >= 11 is 0. The molecule has 1 fully saturated rings. The maximum Gasteiger partial charge on any atom is 0.233 e. The van der Waals surface area contributed by atoms with Crippen LogP contribution in [0, 0.1) is 0 Å². The molecule has 2 rings (SSSR count). The van der Waals surface area contributed by atoms with Gasteiger partial charge in [-0.1, -0.05) is 0 Å². The van der Waals surface area contributed by atoms with Crippen LogP contribution < -0.4 is 10.1 Å². The molecule has 1 heterocycles. The van der Waals surface area contributed by atoms with Gasteiger partial charge in [-0.25, -0.2) is 0 Å². The smallest absolute Gasteiger partial charge is 0.233 e. The molecule has 1 aliphatic carbocycles. The molecule has 112 valence electrons. The van der Waals surface area contributed by atoms with Crippen molar-refractivity contribution in [2.24, 2.45) is 0 Å². The summed E-state index contributed by atoms with van der Waals surface area (Å²) in [5.74, 6) is 0.605. The van der Waals surface area contributed by atoms with Gasteiger partial charge in [0, 0.05) is 30.7 Å². The molecular weight excluding hydrogens is 252 g/mol. The van der Waals surface area contributed by atoms with Crippen molar-refractivity contribution in [3.63, 3.8) is 0 Å². The summed E-state index contributed by atoms with van der Waals surface area (Å²) in [5.41, 5.74) is 1.02. The van der Waals surface area contributed by atoms with Crippen molar-refractivity contribution in [1.29, 1.82) is 0 Å². The number of likely N-dealkylation sites (N-methyl/N-ethyl adjacent to an activating group) is 1. The van der Waals surface area contributed by atoms with E-state index in [2.05, 4.69) is 48.2 Å². The Morgan fingerprint density at radius 1 is 1.30 bits per heavy atom. The molecule has 0 amide bonds. The highest BCUT2D eigenvalue weighted by molar-refractivity contribution is 5.11. The molecule has 5 heteroatoms. The molecule has 0 radical (unpaired) electrons. The lowest BCUT2D eigenvalue weighted by Crippen LogP contribution is -2.35. The number of hydrogen-bond donors (Lipinski definition) is 1. The van der Waals surface area contributed by atoms with Crippen LogP contribution in [0.3, 0.4) is 0 Å². The number of rotatable bonds is 7. The minimum atomic E-state index is 0.0875. The lowest BCUT2D eigenvalue weighted by molar-refractivity contribution is 0.224. The van der Waals surface area contributed by atoms with E-state index in [0.29, 0.717) is 12.5 Å². The molecule has 0 unspecified atom stereocenters. The molecule has 1 aromatic heterocycles. The number of nitrogens with one attached hydrogen (secondary N) is 1. The van der Waals surface area contributed by atoms with Gasteiger partial charge in [0.25, 0.3) is 0 Å². The zero-order valence-corrected chi connectivity index (χ0v) is 13.0. The molecule has 1 saturated carbocycles. The zero-order valence-electron chi connectivity index (χ0n) is 13.0. The third-order valence-electron chi connectivity index (χ3n) is 3.36. The minimum absolute atomic E-state index is 0.0875. The Morgan fingerprint density at radius 2 is 2.05 bits per heavy atom. The average molecular weight is 278 g/mol. The van der Waals surface area contributed by atoms with Gasteiger partial charge in [-0.2, -0.15) is 5.10 Å². The molecule has 5 nitrogen and oxygen atoms in total. The maximum absolute atomic E-state index is 5.62. The number of nitrogens with zero attached hydrogens (tertiary/aromatic N) is 3. The van der Waals surface area contributed by atoms with E-state index in [9.17, 15) is 0 Å². The van der Waals surface area contributed by atoms with E-state index in [-0.39, 0.29) is 5.54 Å². The van der Waals surface area contributed by atoms with E-state index in [1.54, 1.807) is 0 Å². The van der Waals surface area contributed by atoms with Gasteiger partial charge in [-0.15, -0.1) is 5.10 Å². The molecule has 0 bridgehead atoms. The quantitative estimate of drug-likeness (QED) is 0.824. The number of hydrogen-bond acceptors (Lipinski definition) is 5. The third-order valence-corrected chi connectivity index (χ3v) is 3.36. The average Bonchev–Trinajstić information content (AvgIpc) is 3.21. The lowest BCUT2D eigenvalue weighted by Gasteiger charge is -2.20. The topological polar surface area (TPSA) is 50.3 Å². The second kappa shape index (κ2) is 6.50. The second-order valence-electron chi connectivity index (χ2n) is 6.53. The Bertz CT molecular complexity index is 409. The van der Waals surface area contributed by atoms with Crippen LogP contribution >= 0.6 is 0 Å². The summed E-state index contributed by atoms with van der Waals surface area (Å²) in [6.07, 6.45) is 2.65. The SMILES string of the molecule is CN(CCOc1ccc(CNC(C)(C)C)nn1)C1CC1. The first-order valence-corrected chi connectivity index (χ1v) is 7.35. The summed E-state index contributed by atoms with van der Waals surface area (Å²) in [7, 11) is 2.15. The molecule has 1 aliphatic rings. The van der Waals surface area contributed by atoms with Crippen LogP contribution in [0.1, 0.15) is 39.3 Å². The molecule has 0 aliphatic heterocycles. The first-order chi connectivity index (χ1) is 9.44. The Morgan fingerprint density at radius 3 is 2.60 bits per heavy atom. The highest BCUT2D eigenvalue weighted by atomic mass is 16.5. The van der Waals surface area contributed by atoms with E-state index in [4.69, 9.17) is 4.74 Å². The van der Waals surface area contributed by atoms with Gasteiger partial charge in [-0.05, 0) is 46.7 Å². The molecule has 0 saturated heterocycles. The normalized spacial score (nSPS) is 15.7.